The lowest BCUT2D eigenvalue weighted by atomic mass is 10.1. The van der Waals surface area contributed by atoms with E-state index < -0.39 is 0 Å². The standard InChI is InChI=1S/C15H29N3O2/c1-4-8-16-14(15(19)20-3)11-18-9-7-12-5-6-13(10-18)17(12)2/h12-14,16H,4-11H2,1-3H3. The van der Waals surface area contributed by atoms with Gasteiger partial charge < -0.3 is 10.1 Å². The second-order valence-electron chi connectivity index (χ2n) is 6.13. The zero-order chi connectivity index (χ0) is 14.5. The number of ether oxygens (including phenoxy) is 1. The van der Waals surface area contributed by atoms with Crippen LogP contribution in [-0.4, -0.2) is 74.2 Å². The van der Waals surface area contributed by atoms with Gasteiger partial charge in [0.25, 0.3) is 0 Å². The minimum atomic E-state index is -0.193. The van der Waals surface area contributed by atoms with Crippen molar-refractivity contribution in [2.24, 2.45) is 0 Å². The van der Waals surface area contributed by atoms with Crippen molar-refractivity contribution in [3.63, 3.8) is 0 Å². The summed E-state index contributed by atoms with van der Waals surface area (Å²) in [6.07, 6.45) is 4.88. The summed E-state index contributed by atoms with van der Waals surface area (Å²) < 4.78 is 4.93. The first kappa shape index (κ1) is 15.7. The Kier molecular flexibility index (Phi) is 5.81. The van der Waals surface area contributed by atoms with Crippen LogP contribution >= 0.6 is 0 Å². The van der Waals surface area contributed by atoms with Crippen molar-refractivity contribution in [1.82, 2.24) is 15.1 Å². The fourth-order valence-corrected chi connectivity index (χ4v) is 3.49. The van der Waals surface area contributed by atoms with Gasteiger partial charge >= 0.3 is 5.97 Å². The first-order chi connectivity index (χ1) is 9.65. The number of fused-ring (bicyclic) bond motifs is 2. The van der Waals surface area contributed by atoms with Crippen LogP contribution in [0.2, 0.25) is 0 Å². The molecule has 5 heteroatoms. The van der Waals surface area contributed by atoms with Gasteiger partial charge in [-0.25, -0.2) is 0 Å². The fraction of sp³-hybridized carbons (Fsp3) is 0.933. The molecule has 0 radical (unpaired) electrons. The van der Waals surface area contributed by atoms with Crippen LogP contribution in [0.1, 0.15) is 32.6 Å². The maximum Gasteiger partial charge on any atom is 0.324 e. The maximum atomic E-state index is 11.9. The second kappa shape index (κ2) is 7.38. The number of hydrogen-bond donors (Lipinski definition) is 1. The molecule has 0 saturated carbocycles. The Bertz CT molecular complexity index is 324. The molecule has 0 aromatic carbocycles. The number of likely N-dealkylation sites (tertiary alicyclic amines) is 1. The first-order valence-electron chi connectivity index (χ1n) is 7.91. The number of esters is 1. The highest BCUT2D eigenvalue weighted by Crippen LogP contribution is 2.28. The van der Waals surface area contributed by atoms with Gasteiger partial charge in [0.15, 0.2) is 0 Å². The molecule has 0 spiro atoms. The van der Waals surface area contributed by atoms with E-state index in [2.05, 4.69) is 29.1 Å². The molecule has 2 saturated heterocycles. The van der Waals surface area contributed by atoms with Gasteiger partial charge in [-0.15, -0.1) is 0 Å². The molecule has 2 heterocycles. The summed E-state index contributed by atoms with van der Waals surface area (Å²) in [5.74, 6) is -0.138. The van der Waals surface area contributed by atoms with Crippen LogP contribution in [0.5, 0.6) is 0 Å². The number of methoxy groups -OCH3 is 1. The predicted octanol–water partition coefficient (Wildman–Crippen LogP) is 0.696. The summed E-state index contributed by atoms with van der Waals surface area (Å²) in [6, 6.07) is 1.21. The summed E-state index contributed by atoms with van der Waals surface area (Å²) >= 11 is 0. The van der Waals surface area contributed by atoms with Gasteiger partial charge in [-0.05, 0) is 45.8 Å². The summed E-state index contributed by atoms with van der Waals surface area (Å²) in [7, 11) is 3.72. The van der Waals surface area contributed by atoms with Crippen LogP contribution in [0.15, 0.2) is 0 Å². The Balaban J connectivity index is 1.91. The van der Waals surface area contributed by atoms with Crippen molar-refractivity contribution < 1.29 is 9.53 Å². The van der Waals surface area contributed by atoms with Crippen molar-refractivity contribution in [3.8, 4) is 0 Å². The molecule has 0 aromatic heterocycles. The Morgan fingerprint density at radius 3 is 2.80 bits per heavy atom. The van der Waals surface area contributed by atoms with Crippen LogP contribution < -0.4 is 5.32 Å². The lowest BCUT2D eigenvalue weighted by Gasteiger charge is -2.28. The molecule has 1 N–H and O–H groups in total. The molecular weight excluding hydrogens is 254 g/mol. The first-order valence-corrected chi connectivity index (χ1v) is 7.91. The predicted molar refractivity (Wildman–Crippen MR) is 79.7 cm³/mol. The average Bonchev–Trinajstić information content (AvgIpc) is 2.70. The quantitative estimate of drug-likeness (QED) is 0.727. The van der Waals surface area contributed by atoms with Crippen LogP contribution in [0.4, 0.5) is 0 Å². The summed E-state index contributed by atoms with van der Waals surface area (Å²) in [4.78, 5) is 16.8. The summed E-state index contributed by atoms with van der Waals surface area (Å²) in [5, 5.41) is 3.31. The molecular formula is C15H29N3O2. The fourth-order valence-electron chi connectivity index (χ4n) is 3.49. The SMILES string of the molecule is CCCNC(CN1CCC2CCC(C1)N2C)C(=O)OC. The number of hydrogen-bond acceptors (Lipinski definition) is 5. The molecule has 20 heavy (non-hydrogen) atoms. The van der Waals surface area contributed by atoms with E-state index >= 15 is 0 Å². The normalized spacial score (nSPS) is 29.1. The molecule has 2 rings (SSSR count). The third kappa shape index (κ3) is 3.71. The van der Waals surface area contributed by atoms with Gasteiger partial charge in [-0.1, -0.05) is 6.92 Å². The van der Waals surface area contributed by atoms with E-state index in [0.29, 0.717) is 6.04 Å². The summed E-state index contributed by atoms with van der Waals surface area (Å²) in [6.45, 7) is 5.91. The van der Waals surface area contributed by atoms with E-state index in [1.54, 1.807) is 0 Å². The monoisotopic (exact) mass is 283 g/mol. The van der Waals surface area contributed by atoms with Gasteiger partial charge in [-0.3, -0.25) is 14.6 Å². The minimum absolute atomic E-state index is 0.138. The van der Waals surface area contributed by atoms with E-state index in [1.807, 2.05) is 0 Å². The molecule has 0 aromatic rings. The van der Waals surface area contributed by atoms with Gasteiger partial charge in [0, 0.05) is 25.2 Å². The number of rotatable bonds is 6. The molecule has 2 aliphatic rings. The van der Waals surface area contributed by atoms with Crippen molar-refractivity contribution >= 4 is 5.97 Å². The molecule has 2 aliphatic heterocycles. The van der Waals surface area contributed by atoms with Crippen LogP contribution in [-0.2, 0) is 9.53 Å². The highest BCUT2D eigenvalue weighted by molar-refractivity contribution is 5.75. The smallest absolute Gasteiger partial charge is 0.324 e. The second-order valence-corrected chi connectivity index (χ2v) is 6.13. The minimum Gasteiger partial charge on any atom is -0.468 e. The van der Waals surface area contributed by atoms with Crippen molar-refractivity contribution in [2.45, 2.75) is 50.7 Å². The van der Waals surface area contributed by atoms with E-state index in [0.717, 1.165) is 38.6 Å². The van der Waals surface area contributed by atoms with Crippen LogP contribution in [0, 0.1) is 0 Å². The van der Waals surface area contributed by atoms with Gasteiger partial charge in [0.2, 0.25) is 0 Å². The Morgan fingerprint density at radius 2 is 2.10 bits per heavy atom. The molecule has 2 fully saturated rings. The third-order valence-electron chi connectivity index (χ3n) is 4.80. The highest BCUT2D eigenvalue weighted by Gasteiger charge is 2.35. The Morgan fingerprint density at radius 1 is 1.35 bits per heavy atom. The van der Waals surface area contributed by atoms with Gasteiger partial charge in [-0.2, -0.15) is 0 Å². The van der Waals surface area contributed by atoms with Gasteiger partial charge in [0.1, 0.15) is 6.04 Å². The molecule has 3 atom stereocenters. The van der Waals surface area contributed by atoms with Crippen molar-refractivity contribution in [1.29, 1.82) is 0 Å². The Hall–Kier alpha value is -0.650. The maximum absolute atomic E-state index is 11.9. The molecule has 5 nitrogen and oxygen atoms in total. The lowest BCUT2D eigenvalue weighted by molar-refractivity contribution is -0.143. The molecule has 116 valence electrons. The number of nitrogens with zero attached hydrogens (tertiary/aromatic N) is 2. The van der Waals surface area contributed by atoms with E-state index in [9.17, 15) is 4.79 Å². The molecule has 2 bridgehead atoms. The van der Waals surface area contributed by atoms with E-state index in [1.165, 1.54) is 26.4 Å². The zero-order valence-corrected chi connectivity index (χ0v) is 13.1. The molecule has 3 unspecified atom stereocenters. The van der Waals surface area contributed by atoms with Crippen molar-refractivity contribution in [3.05, 3.63) is 0 Å². The van der Waals surface area contributed by atoms with E-state index in [-0.39, 0.29) is 12.0 Å². The zero-order valence-electron chi connectivity index (χ0n) is 13.1. The topological polar surface area (TPSA) is 44.8 Å². The highest BCUT2D eigenvalue weighted by atomic mass is 16.5. The van der Waals surface area contributed by atoms with Crippen LogP contribution in [0.3, 0.4) is 0 Å². The lowest BCUT2D eigenvalue weighted by Crippen LogP contribution is -2.49. The number of likely N-dealkylation sites (N-methyl/N-ethyl adjacent to an activating group) is 1. The number of carbonyl (C=O) groups is 1. The third-order valence-corrected chi connectivity index (χ3v) is 4.80. The molecule has 0 amide bonds. The molecule has 0 aliphatic carbocycles. The summed E-state index contributed by atoms with van der Waals surface area (Å²) in [5.41, 5.74) is 0. The van der Waals surface area contributed by atoms with Gasteiger partial charge in [0.05, 0.1) is 7.11 Å². The average molecular weight is 283 g/mol. The van der Waals surface area contributed by atoms with E-state index in [4.69, 9.17) is 4.74 Å². The largest absolute Gasteiger partial charge is 0.468 e. The van der Waals surface area contributed by atoms with Crippen molar-refractivity contribution in [2.75, 3.05) is 40.3 Å². The number of carbonyl (C=O) groups excluding carboxylic acids is 1. The Labute approximate surface area is 122 Å². The number of nitrogens with one attached hydrogen (secondary N) is 1. The van der Waals surface area contributed by atoms with Crippen LogP contribution in [0.25, 0.3) is 0 Å².